The van der Waals surface area contributed by atoms with Gasteiger partial charge in [-0.15, -0.1) is 5.10 Å². The SMILES string of the molecule is C=C1NN=C([C@H]([C@H](C)c2c(F)ccc(C)c2C)N2Sc3ccc(C)cc3N(C)C2C)O1.O=C=O. The van der Waals surface area contributed by atoms with Crippen molar-refractivity contribution in [2.24, 2.45) is 5.10 Å². The van der Waals surface area contributed by atoms with E-state index in [9.17, 15) is 0 Å². The quantitative estimate of drug-likeness (QED) is 0.622. The van der Waals surface area contributed by atoms with E-state index in [1.54, 1.807) is 18.0 Å². The Hall–Kier alpha value is -3.13. The molecule has 0 spiro atoms. The maximum absolute atomic E-state index is 15.1. The maximum Gasteiger partial charge on any atom is 0.373 e. The zero-order valence-corrected chi connectivity index (χ0v) is 21.0. The molecule has 34 heavy (non-hydrogen) atoms. The number of aryl methyl sites for hydroxylation is 2. The summed E-state index contributed by atoms with van der Waals surface area (Å²) < 4.78 is 23.2. The van der Waals surface area contributed by atoms with Gasteiger partial charge in [0.25, 0.3) is 0 Å². The highest BCUT2D eigenvalue weighted by Crippen LogP contribution is 2.45. The van der Waals surface area contributed by atoms with Gasteiger partial charge in [0.05, 0.1) is 11.9 Å². The van der Waals surface area contributed by atoms with Gasteiger partial charge in [-0.05, 0) is 86.7 Å². The Morgan fingerprint density at radius 2 is 1.91 bits per heavy atom. The molecule has 2 aromatic carbocycles. The fourth-order valence-corrected chi connectivity index (χ4v) is 5.64. The van der Waals surface area contributed by atoms with Crippen molar-refractivity contribution in [2.45, 2.75) is 57.6 Å². The van der Waals surface area contributed by atoms with Gasteiger partial charge in [-0.2, -0.15) is 9.59 Å². The molecular weight excluding hydrogens is 455 g/mol. The molecular formula is C25H29FN4O3S. The molecule has 2 heterocycles. The third-order valence-electron chi connectivity index (χ3n) is 6.33. The number of carbonyl (C=O) groups excluding carboxylic acids is 2. The van der Waals surface area contributed by atoms with Crippen LogP contribution in [0.4, 0.5) is 10.1 Å². The van der Waals surface area contributed by atoms with Crippen LogP contribution in [0.15, 0.2) is 52.8 Å². The summed E-state index contributed by atoms with van der Waals surface area (Å²) >= 11 is 1.66. The van der Waals surface area contributed by atoms with Crippen LogP contribution >= 0.6 is 11.9 Å². The van der Waals surface area contributed by atoms with E-state index in [-0.39, 0.29) is 30.1 Å². The molecule has 1 N–H and O–H groups in total. The Labute approximate surface area is 203 Å². The molecule has 0 bridgehead atoms. The van der Waals surface area contributed by atoms with Crippen LogP contribution in [0.3, 0.4) is 0 Å². The van der Waals surface area contributed by atoms with E-state index < -0.39 is 0 Å². The molecule has 4 rings (SSSR count). The van der Waals surface area contributed by atoms with E-state index in [4.69, 9.17) is 14.3 Å². The summed E-state index contributed by atoms with van der Waals surface area (Å²) in [5, 5.41) is 4.40. The second kappa shape index (κ2) is 10.4. The average Bonchev–Trinajstić information content (AvgIpc) is 3.21. The van der Waals surface area contributed by atoms with Gasteiger partial charge in [0.2, 0.25) is 11.8 Å². The normalized spacial score (nSPS) is 19.0. The van der Waals surface area contributed by atoms with Crippen LogP contribution in [0, 0.1) is 26.6 Å². The van der Waals surface area contributed by atoms with Gasteiger partial charge in [0, 0.05) is 17.9 Å². The smallest absolute Gasteiger partial charge is 0.373 e. The molecule has 2 aromatic rings. The van der Waals surface area contributed by atoms with Gasteiger partial charge in [0.15, 0.2) is 0 Å². The molecule has 0 aromatic heterocycles. The van der Waals surface area contributed by atoms with E-state index in [1.807, 2.05) is 26.8 Å². The van der Waals surface area contributed by atoms with Crippen LogP contribution in [0.25, 0.3) is 0 Å². The van der Waals surface area contributed by atoms with Crippen LogP contribution in [0.1, 0.15) is 42.0 Å². The fraction of sp³-hybridized carbons (Fsp3) is 0.360. The molecule has 3 atom stereocenters. The molecule has 180 valence electrons. The van der Waals surface area contributed by atoms with E-state index >= 15 is 4.39 Å². The van der Waals surface area contributed by atoms with Gasteiger partial charge in [-0.25, -0.2) is 14.1 Å². The molecule has 2 aliphatic heterocycles. The predicted octanol–water partition coefficient (Wildman–Crippen LogP) is 4.85. The first kappa shape index (κ1) is 25.5. The van der Waals surface area contributed by atoms with Crippen molar-refractivity contribution in [3.63, 3.8) is 0 Å². The first-order valence-electron chi connectivity index (χ1n) is 10.9. The minimum atomic E-state index is -0.307. The monoisotopic (exact) mass is 484 g/mol. The summed E-state index contributed by atoms with van der Waals surface area (Å²) in [5.41, 5.74) is 7.95. The highest BCUT2D eigenvalue weighted by Gasteiger charge is 2.42. The van der Waals surface area contributed by atoms with Crippen molar-refractivity contribution in [1.29, 1.82) is 0 Å². The zero-order chi connectivity index (χ0) is 25.2. The number of benzene rings is 2. The van der Waals surface area contributed by atoms with Crippen LogP contribution in [-0.4, -0.2) is 35.6 Å². The number of nitrogens with zero attached hydrogens (tertiary/aromatic N) is 3. The predicted molar refractivity (Wildman–Crippen MR) is 131 cm³/mol. The van der Waals surface area contributed by atoms with E-state index in [0.29, 0.717) is 17.3 Å². The summed E-state index contributed by atoms with van der Waals surface area (Å²) in [6.07, 6.45) is 0.278. The third-order valence-corrected chi connectivity index (χ3v) is 7.62. The second-order valence-electron chi connectivity index (χ2n) is 8.47. The van der Waals surface area contributed by atoms with Crippen molar-refractivity contribution in [3.8, 4) is 0 Å². The molecule has 0 fully saturated rings. The van der Waals surface area contributed by atoms with Crippen LogP contribution in [0.2, 0.25) is 0 Å². The molecule has 1 unspecified atom stereocenters. The Kier molecular flexibility index (Phi) is 7.82. The summed E-state index contributed by atoms with van der Waals surface area (Å²) in [4.78, 5) is 19.6. The topological polar surface area (TPSA) is 74.2 Å². The van der Waals surface area contributed by atoms with E-state index in [2.05, 4.69) is 65.4 Å². The molecule has 0 amide bonds. The molecule has 0 saturated carbocycles. The number of ether oxygens (including phenoxy) is 1. The lowest BCUT2D eigenvalue weighted by Gasteiger charge is -2.46. The second-order valence-corrected chi connectivity index (χ2v) is 9.52. The number of nitrogens with one attached hydrogen (secondary N) is 1. The van der Waals surface area contributed by atoms with Crippen molar-refractivity contribution in [1.82, 2.24) is 9.73 Å². The third kappa shape index (κ3) is 4.87. The molecule has 9 heteroatoms. The summed E-state index contributed by atoms with van der Waals surface area (Å²) in [6, 6.07) is 9.53. The van der Waals surface area contributed by atoms with Crippen molar-refractivity contribution in [3.05, 3.63) is 70.9 Å². The summed E-state index contributed by atoms with van der Waals surface area (Å²) in [7, 11) is 2.09. The molecule has 0 aliphatic carbocycles. The lowest BCUT2D eigenvalue weighted by atomic mass is 9.87. The van der Waals surface area contributed by atoms with Gasteiger partial charge < -0.3 is 9.64 Å². The van der Waals surface area contributed by atoms with Crippen molar-refractivity contribution < 1.29 is 18.7 Å². The van der Waals surface area contributed by atoms with E-state index in [0.717, 1.165) is 16.0 Å². The Balaban J connectivity index is 0.00000103. The fourth-order valence-electron chi connectivity index (χ4n) is 4.31. The van der Waals surface area contributed by atoms with Crippen LogP contribution in [-0.2, 0) is 14.3 Å². The number of anilines is 1. The average molecular weight is 485 g/mol. The minimum Gasteiger partial charge on any atom is -0.422 e. The van der Waals surface area contributed by atoms with Crippen LogP contribution < -0.4 is 10.3 Å². The lowest BCUT2D eigenvalue weighted by Crippen LogP contribution is -2.53. The molecule has 0 radical (unpaired) electrons. The van der Waals surface area contributed by atoms with Crippen molar-refractivity contribution >= 4 is 29.7 Å². The van der Waals surface area contributed by atoms with Crippen molar-refractivity contribution in [2.75, 3.05) is 11.9 Å². The summed E-state index contributed by atoms with van der Waals surface area (Å²) in [5.74, 6) is 0.473. The number of hydrogen-bond acceptors (Lipinski definition) is 8. The minimum absolute atomic E-state index is 0.0279. The number of hydrazone groups is 1. The Bertz CT molecular complexity index is 1160. The first-order valence-corrected chi connectivity index (χ1v) is 11.6. The van der Waals surface area contributed by atoms with Gasteiger partial charge >= 0.3 is 6.15 Å². The number of hydrogen-bond donors (Lipinski definition) is 1. The lowest BCUT2D eigenvalue weighted by molar-refractivity contribution is -0.191. The van der Waals surface area contributed by atoms with Gasteiger partial charge in [0.1, 0.15) is 11.9 Å². The van der Waals surface area contributed by atoms with Gasteiger partial charge in [-0.3, -0.25) is 0 Å². The summed E-state index contributed by atoms with van der Waals surface area (Å²) in [6.45, 7) is 14.1. The maximum atomic E-state index is 15.1. The van der Waals surface area contributed by atoms with Crippen LogP contribution in [0.5, 0.6) is 0 Å². The standard InChI is InChI=1S/C24H29FN4OS.CO2/c1-13-8-11-21-20(12-13)28(7)18(6)29(31-21)23(24-27-26-17(5)30-24)16(4)22-15(3)14(2)9-10-19(22)25;2-1-3/h8-12,16,18,23,26H,5H2,1-4,6-7H3;/t16-,18?,23+;/m1./s1. The highest BCUT2D eigenvalue weighted by molar-refractivity contribution is 7.97. The molecule has 0 saturated heterocycles. The zero-order valence-electron chi connectivity index (χ0n) is 20.2. The van der Waals surface area contributed by atoms with E-state index in [1.165, 1.54) is 11.3 Å². The Morgan fingerprint density at radius 1 is 1.24 bits per heavy atom. The Morgan fingerprint density at radius 3 is 2.53 bits per heavy atom. The number of rotatable bonds is 4. The molecule has 7 nitrogen and oxygen atoms in total. The van der Waals surface area contributed by atoms with Gasteiger partial charge in [-0.1, -0.05) is 19.1 Å². The largest absolute Gasteiger partial charge is 0.422 e. The molecule has 2 aliphatic rings. The number of fused-ring (bicyclic) bond motifs is 1. The first-order chi connectivity index (χ1) is 16.1. The number of halogens is 1. The highest BCUT2D eigenvalue weighted by atomic mass is 32.2.